The number of hydrogen-bond acceptors (Lipinski definition) is 6. The van der Waals surface area contributed by atoms with E-state index < -0.39 is 5.60 Å². The summed E-state index contributed by atoms with van der Waals surface area (Å²) in [4.78, 5) is 8.80. The summed E-state index contributed by atoms with van der Waals surface area (Å²) in [5.74, 6) is 2.31. The van der Waals surface area contributed by atoms with Gasteiger partial charge in [0.25, 0.3) is 0 Å². The predicted molar refractivity (Wildman–Crippen MR) is 81.2 cm³/mol. The first-order valence-electron chi connectivity index (χ1n) is 7.07. The SMILES string of the molecule is CCNc1cc(NCC(C)(O)CCOC)nc(CC)n1. The molecule has 0 fully saturated rings. The highest BCUT2D eigenvalue weighted by atomic mass is 16.5. The van der Waals surface area contributed by atoms with Crippen molar-refractivity contribution in [1.29, 1.82) is 0 Å². The molecule has 1 atom stereocenters. The fraction of sp³-hybridized carbons (Fsp3) is 0.714. The number of aromatic nitrogens is 2. The molecular formula is C14H26N4O2. The van der Waals surface area contributed by atoms with Gasteiger partial charge < -0.3 is 20.5 Å². The zero-order chi connectivity index (χ0) is 15.0. The smallest absolute Gasteiger partial charge is 0.132 e. The van der Waals surface area contributed by atoms with Crippen molar-refractivity contribution in [3.63, 3.8) is 0 Å². The third-order valence-corrected chi connectivity index (χ3v) is 2.94. The number of aliphatic hydroxyl groups is 1. The van der Waals surface area contributed by atoms with Gasteiger partial charge in [0.1, 0.15) is 17.5 Å². The van der Waals surface area contributed by atoms with Crippen molar-refractivity contribution < 1.29 is 9.84 Å². The number of ether oxygens (including phenoxy) is 1. The summed E-state index contributed by atoms with van der Waals surface area (Å²) in [7, 11) is 1.63. The molecule has 0 aliphatic carbocycles. The maximum absolute atomic E-state index is 10.2. The van der Waals surface area contributed by atoms with E-state index in [2.05, 4.69) is 20.6 Å². The molecule has 0 saturated heterocycles. The van der Waals surface area contributed by atoms with Gasteiger partial charge in [-0.05, 0) is 13.8 Å². The molecule has 0 spiro atoms. The fourth-order valence-corrected chi connectivity index (χ4v) is 1.71. The minimum atomic E-state index is -0.828. The largest absolute Gasteiger partial charge is 0.388 e. The van der Waals surface area contributed by atoms with Crippen molar-refractivity contribution in [2.75, 3.05) is 37.4 Å². The lowest BCUT2D eigenvalue weighted by molar-refractivity contribution is 0.0357. The van der Waals surface area contributed by atoms with Crippen LogP contribution in [-0.2, 0) is 11.2 Å². The molecule has 20 heavy (non-hydrogen) atoms. The number of rotatable bonds is 9. The summed E-state index contributed by atoms with van der Waals surface area (Å²) in [6, 6.07) is 1.86. The summed E-state index contributed by atoms with van der Waals surface area (Å²) >= 11 is 0. The molecular weight excluding hydrogens is 256 g/mol. The maximum Gasteiger partial charge on any atom is 0.132 e. The molecule has 0 radical (unpaired) electrons. The van der Waals surface area contributed by atoms with Gasteiger partial charge in [-0.1, -0.05) is 6.92 Å². The first-order valence-corrected chi connectivity index (χ1v) is 7.07. The molecule has 3 N–H and O–H groups in total. The van der Waals surface area contributed by atoms with Crippen LogP contribution in [0.1, 0.15) is 33.0 Å². The molecule has 1 unspecified atom stereocenters. The van der Waals surface area contributed by atoms with Crippen molar-refractivity contribution in [3.8, 4) is 0 Å². The van der Waals surface area contributed by atoms with E-state index in [1.165, 1.54) is 0 Å². The second-order valence-electron chi connectivity index (χ2n) is 5.03. The van der Waals surface area contributed by atoms with Gasteiger partial charge in [-0.3, -0.25) is 0 Å². The minimum absolute atomic E-state index is 0.419. The van der Waals surface area contributed by atoms with Crippen LogP contribution in [0.15, 0.2) is 6.07 Å². The van der Waals surface area contributed by atoms with E-state index in [0.717, 1.165) is 30.4 Å². The Bertz CT molecular complexity index is 410. The molecule has 6 nitrogen and oxygen atoms in total. The first-order chi connectivity index (χ1) is 9.50. The third kappa shape index (κ3) is 5.71. The number of methoxy groups -OCH3 is 1. The molecule has 1 heterocycles. The van der Waals surface area contributed by atoms with Crippen LogP contribution in [0.25, 0.3) is 0 Å². The van der Waals surface area contributed by atoms with Crippen molar-refractivity contribution in [3.05, 3.63) is 11.9 Å². The summed E-state index contributed by atoms with van der Waals surface area (Å²) in [5, 5.41) is 16.6. The Morgan fingerprint density at radius 1 is 1.25 bits per heavy atom. The highest BCUT2D eigenvalue weighted by molar-refractivity contribution is 5.47. The van der Waals surface area contributed by atoms with Crippen molar-refractivity contribution in [1.82, 2.24) is 9.97 Å². The highest BCUT2D eigenvalue weighted by Gasteiger charge is 2.20. The van der Waals surface area contributed by atoms with E-state index in [4.69, 9.17) is 4.74 Å². The molecule has 0 aromatic carbocycles. The Morgan fingerprint density at radius 3 is 2.45 bits per heavy atom. The van der Waals surface area contributed by atoms with Crippen LogP contribution in [0.2, 0.25) is 0 Å². The van der Waals surface area contributed by atoms with E-state index >= 15 is 0 Å². The zero-order valence-electron chi connectivity index (χ0n) is 12.9. The molecule has 1 aromatic heterocycles. The lowest BCUT2D eigenvalue weighted by Crippen LogP contribution is -2.35. The van der Waals surface area contributed by atoms with Crippen molar-refractivity contribution in [2.45, 2.75) is 39.2 Å². The van der Waals surface area contributed by atoms with Crippen LogP contribution in [-0.4, -0.2) is 47.5 Å². The van der Waals surface area contributed by atoms with Gasteiger partial charge >= 0.3 is 0 Å². The third-order valence-electron chi connectivity index (χ3n) is 2.94. The average Bonchev–Trinajstić information content (AvgIpc) is 2.43. The quantitative estimate of drug-likeness (QED) is 0.639. The number of anilines is 2. The van der Waals surface area contributed by atoms with Crippen LogP contribution in [0, 0.1) is 0 Å². The van der Waals surface area contributed by atoms with Crippen molar-refractivity contribution in [2.24, 2.45) is 0 Å². The molecule has 0 bridgehead atoms. The number of nitrogens with zero attached hydrogens (tertiary/aromatic N) is 2. The van der Waals surface area contributed by atoms with E-state index in [0.29, 0.717) is 19.6 Å². The van der Waals surface area contributed by atoms with Gasteiger partial charge in [0.05, 0.1) is 5.60 Å². The van der Waals surface area contributed by atoms with Crippen LogP contribution >= 0.6 is 0 Å². The van der Waals surface area contributed by atoms with Crippen LogP contribution in [0.4, 0.5) is 11.6 Å². The topological polar surface area (TPSA) is 79.3 Å². The van der Waals surface area contributed by atoms with E-state index in [1.807, 2.05) is 19.9 Å². The Morgan fingerprint density at radius 2 is 1.90 bits per heavy atom. The Hall–Kier alpha value is -1.40. The Balaban J connectivity index is 2.68. The van der Waals surface area contributed by atoms with E-state index in [1.54, 1.807) is 14.0 Å². The lowest BCUT2D eigenvalue weighted by atomic mass is 10.0. The fourth-order valence-electron chi connectivity index (χ4n) is 1.71. The lowest BCUT2D eigenvalue weighted by Gasteiger charge is -2.23. The standard InChI is InChI=1S/C14H26N4O2/c1-5-11-17-12(15-6-2)9-13(18-11)16-10-14(3,19)7-8-20-4/h9,19H,5-8,10H2,1-4H3,(H2,15,16,17,18). The zero-order valence-corrected chi connectivity index (χ0v) is 12.9. The predicted octanol–water partition coefficient (Wildman–Crippen LogP) is 1.67. The monoisotopic (exact) mass is 282 g/mol. The second-order valence-corrected chi connectivity index (χ2v) is 5.03. The van der Waals surface area contributed by atoms with Gasteiger partial charge in [-0.2, -0.15) is 0 Å². The van der Waals surface area contributed by atoms with Gasteiger partial charge in [0, 0.05) is 45.7 Å². The molecule has 0 amide bonds. The molecule has 0 saturated carbocycles. The number of nitrogens with one attached hydrogen (secondary N) is 2. The van der Waals surface area contributed by atoms with Crippen LogP contribution in [0.5, 0.6) is 0 Å². The van der Waals surface area contributed by atoms with Crippen LogP contribution in [0.3, 0.4) is 0 Å². The number of hydrogen-bond donors (Lipinski definition) is 3. The molecule has 1 aromatic rings. The van der Waals surface area contributed by atoms with Gasteiger partial charge in [-0.25, -0.2) is 9.97 Å². The minimum Gasteiger partial charge on any atom is -0.388 e. The summed E-state index contributed by atoms with van der Waals surface area (Å²) in [6.45, 7) is 7.58. The number of aryl methyl sites for hydroxylation is 1. The summed E-state index contributed by atoms with van der Waals surface area (Å²) in [6.07, 6.45) is 1.34. The molecule has 0 aliphatic rings. The molecule has 6 heteroatoms. The second kappa shape index (κ2) is 8.01. The summed E-state index contributed by atoms with van der Waals surface area (Å²) < 4.78 is 4.99. The molecule has 114 valence electrons. The van der Waals surface area contributed by atoms with Crippen molar-refractivity contribution >= 4 is 11.6 Å². The van der Waals surface area contributed by atoms with Gasteiger partial charge in [0.2, 0.25) is 0 Å². The highest BCUT2D eigenvalue weighted by Crippen LogP contribution is 2.15. The Labute approximate surface area is 121 Å². The van der Waals surface area contributed by atoms with Gasteiger partial charge in [0.15, 0.2) is 0 Å². The molecule has 1 rings (SSSR count). The van der Waals surface area contributed by atoms with Gasteiger partial charge in [-0.15, -0.1) is 0 Å². The first kappa shape index (κ1) is 16.7. The van der Waals surface area contributed by atoms with E-state index in [-0.39, 0.29) is 0 Å². The maximum atomic E-state index is 10.2. The Kier molecular flexibility index (Phi) is 6.67. The van der Waals surface area contributed by atoms with Crippen LogP contribution < -0.4 is 10.6 Å². The summed E-state index contributed by atoms with van der Waals surface area (Å²) in [5.41, 5.74) is -0.828. The molecule has 0 aliphatic heterocycles. The normalized spacial score (nSPS) is 13.8. The average molecular weight is 282 g/mol. The van der Waals surface area contributed by atoms with E-state index in [9.17, 15) is 5.11 Å².